The molecule has 168 valence electrons. The molecule has 0 aromatic heterocycles. The summed E-state index contributed by atoms with van der Waals surface area (Å²) >= 11 is 0. The maximum absolute atomic E-state index is 6.14. The Bertz CT molecular complexity index is 342. The molecular weight excluding hydrogens is 356 g/mol. The van der Waals surface area contributed by atoms with Crippen LogP contribution in [0.1, 0.15) is 92.4 Å². The van der Waals surface area contributed by atoms with Crippen LogP contribution in [0.25, 0.3) is 0 Å². The zero-order chi connectivity index (χ0) is 20.7. The van der Waals surface area contributed by atoms with Crippen molar-refractivity contribution in [3.05, 3.63) is 0 Å². The monoisotopic (exact) mass is 402 g/mol. The van der Waals surface area contributed by atoms with Crippen LogP contribution in [-0.2, 0) is 23.7 Å². The lowest BCUT2D eigenvalue weighted by Crippen LogP contribution is -2.48. The van der Waals surface area contributed by atoms with Crippen LogP contribution in [0.4, 0.5) is 0 Å². The minimum atomic E-state index is -0.964. The van der Waals surface area contributed by atoms with Crippen LogP contribution in [0.3, 0.4) is 0 Å². The van der Waals surface area contributed by atoms with Crippen LogP contribution >= 0.6 is 0 Å². The van der Waals surface area contributed by atoms with E-state index in [2.05, 4.69) is 13.8 Å². The summed E-state index contributed by atoms with van der Waals surface area (Å²) in [7, 11) is 0. The molecule has 0 spiro atoms. The summed E-state index contributed by atoms with van der Waals surface area (Å²) < 4.78 is 29.8. The lowest BCUT2D eigenvalue weighted by atomic mass is 9.91. The molecule has 5 heteroatoms. The van der Waals surface area contributed by atoms with E-state index < -0.39 is 5.97 Å². The van der Waals surface area contributed by atoms with E-state index >= 15 is 0 Å². The van der Waals surface area contributed by atoms with Crippen LogP contribution in [0.15, 0.2) is 0 Å². The molecule has 0 aliphatic carbocycles. The summed E-state index contributed by atoms with van der Waals surface area (Å²) in [5.41, 5.74) is 0. The first-order valence-electron chi connectivity index (χ1n) is 11.8. The van der Waals surface area contributed by atoms with Gasteiger partial charge in [-0.2, -0.15) is 0 Å². The third-order valence-electron chi connectivity index (χ3n) is 5.37. The summed E-state index contributed by atoms with van der Waals surface area (Å²) in [6.07, 6.45) is 11.0. The molecule has 0 aromatic carbocycles. The van der Waals surface area contributed by atoms with Gasteiger partial charge in [0.1, 0.15) is 6.10 Å². The van der Waals surface area contributed by atoms with Crippen molar-refractivity contribution in [1.82, 2.24) is 0 Å². The third kappa shape index (κ3) is 10.0. The Balaban J connectivity index is 2.75. The second-order valence-electron chi connectivity index (χ2n) is 7.71. The van der Waals surface area contributed by atoms with Crippen molar-refractivity contribution in [2.24, 2.45) is 5.92 Å². The van der Waals surface area contributed by atoms with E-state index in [0.717, 1.165) is 25.9 Å². The molecule has 5 nitrogen and oxygen atoms in total. The van der Waals surface area contributed by atoms with Crippen molar-refractivity contribution >= 4 is 0 Å². The van der Waals surface area contributed by atoms with Crippen LogP contribution in [0.2, 0.25) is 0 Å². The zero-order valence-corrected chi connectivity index (χ0v) is 19.2. The molecule has 1 aliphatic heterocycles. The molecule has 0 bridgehead atoms. The van der Waals surface area contributed by atoms with Crippen molar-refractivity contribution in [2.75, 3.05) is 33.0 Å². The second kappa shape index (κ2) is 15.6. The van der Waals surface area contributed by atoms with E-state index in [4.69, 9.17) is 23.7 Å². The first kappa shape index (κ1) is 25.8. The van der Waals surface area contributed by atoms with Gasteiger partial charge in [-0.15, -0.1) is 0 Å². The van der Waals surface area contributed by atoms with Crippen LogP contribution in [0.5, 0.6) is 0 Å². The van der Waals surface area contributed by atoms with Gasteiger partial charge in [0.25, 0.3) is 5.97 Å². The number of ether oxygens (including phenoxy) is 5. The molecule has 1 fully saturated rings. The topological polar surface area (TPSA) is 49.5 Å². The minimum absolute atomic E-state index is 0.156. The highest BCUT2D eigenvalue weighted by Gasteiger charge is 2.43. The quantitative estimate of drug-likeness (QED) is 0.148. The normalized spacial score (nSPS) is 19.0. The SMILES string of the molecule is CCCCCCCCC(CC(CC)OCC1CO1)C(OCC)(OCC)OCC. The van der Waals surface area contributed by atoms with Gasteiger partial charge in [0.15, 0.2) is 0 Å². The van der Waals surface area contributed by atoms with E-state index in [1.807, 2.05) is 20.8 Å². The number of unbranched alkanes of at least 4 members (excludes halogenated alkanes) is 5. The maximum atomic E-state index is 6.14. The predicted molar refractivity (Wildman–Crippen MR) is 113 cm³/mol. The Kier molecular flexibility index (Phi) is 14.4. The fourth-order valence-corrected chi connectivity index (χ4v) is 3.77. The van der Waals surface area contributed by atoms with Gasteiger partial charge in [0.2, 0.25) is 0 Å². The smallest absolute Gasteiger partial charge is 0.285 e. The first-order chi connectivity index (χ1) is 13.7. The molecule has 0 amide bonds. The molecule has 0 N–H and O–H groups in total. The summed E-state index contributed by atoms with van der Waals surface area (Å²) in [5, 5.41) is 0. The second-order valence-corrected chi connectivity index (χ2v) is 7.71. The lowest BCUT2D eigenvalue weighted by Gasteiger charge is -2.40. The third-order valence-corrected chi connectivity index (χ3v) is 5.37. The molecule has 1 rings (SSSR count). The van der Waals surface area contributed by atoms with E-state index in [1.165, 1.54) is 38.5 Å². The van der Waals surface area contributed by atoms with E-state index in [9.17, 15) is 0 Å². The van der Waals surface area contributed by atoms with Gasteiger partial charge in [-0.25, -0.2) is 0 Å². The molecule has 3 unspecified atom stereocenters. The van der Waals surface area contributed by atoms with Crippen LogP contribution in [-0.4, -0.2) is 51.2 Å². The Morgan fingerprint density at radius 3 is 1.93 bits per heavy atom. The fraction of sp³-hybridized carbons (Fsp3) is 1.00. The van der Waals surface area contributed by atoms with Gasteiger partial charge < -0.3 is 23.7 Å². The Hall–Kier alpha value is -0.200. The Morgan fingerprint density at radius 1 is 0.857 bits per heavy atom. The van der Waals surface area contributed by atoms with Crippen molar-refractivity contribution < 1.29 is 23.7 Å². The van der Waals surface area contributed by atoms with Crippen molar-refractivity contribution in [3.63, 3.8) is 0 Å². The highest BCUT2D eigenvalue weighted by Crippen LogP contribution is 2.35. The van der Waals surface area contributed by atoms with Crippen molar-refractivity contribution in [3.8, 4) is 0 Å². The van der Waals surface area contributed by atoms with Gasteiger partial charge in [0.05, 0.1) is 19.3 Å². The number of epoxide rings is 1. The van der Waals surface area contributed by atoms with Crippen molar-refractivity contribution in [2.45, 2.75) is 111 Å². The number of hydrogen-bond donors (Lipinski definition) is 0. The number of hydrogen-bond acceptors (Lipinski definition) is 5. The minimum Gasteiger partial charge on any atom is -0.375 e. The first-order valence-corrected chi connectivity index (χ1v) is 11.8. The fourth-order valence-electron chi connectivity index (χ4n) is 3.77. The van der Waals surface area contributed by atoms with Gasteiger partial charge in [-0.05, 0) is 40.0 Å². The number of rotatable bonds is 20. The summed E-state index contributed by atoms with van der Waals surface area (Å²) in [6, 6.07) is 0. The average Bonchev–Trinajstić information content (AvgIpc) is 3.51. The standard InChI is InChI=1S/C23H46O5/c1-6-11-12-13-14-15-16-20(17-21(7-2)24-18-22-19-25-22)23(26-8-3,27-9-4)28-10-5/h20-22H,6-19H2,1-5H3. The van der Waals surface area contributed by atoms with E-state index in [0.29, 0.717) is 32.5 Å². The summed E-state index contributed by atoms with van der Waals surface area (Å²) in [6.45, 7) is 13.7. The van der Waals surface area contributed by atoms with Crippen LogP contribution in [0, 0.1) is 5.92 Å². The molecule has 3 atom stereocenters. The predicted octanol–water partition coefficient (Wildman–Crippen LogP) is 5.70. The Labute approximate surface area is 173 Å². The van der Waals surface area contributed by atoms with Gasteiger partial charge in [0, 0.05) is 25.7 Å². The zero-order valence-electron chi connectivity index (χ0n) is 19.2. The Morgan fingerprint density at radius 2 is 1.43 bits per heavy atom. The largest absolute Gasteiger partial charge is 0.375 e. The van der Waals surface area contributed by atoms with Crippen molar-refractivity contribution in [1.29, 1.82) is 0 Å². The highest BCUT2D eigenvalue weighted by molar-refractivity contribution is 4.77. The van der Waals surface area contributed by atoms with Gasteiger partial charge >= 0.3 is 0 Å². The molecule has 28 heavy (non-hydrogen) atoms. The van der Waals surface area contributed by atoms with Gasteiger partial charge in [-0.1, -0.05) is 52.4 Å². The molecule has 1 heterocycles. The van der Waals surface area contributed by atoms with E-state index in [1.54, 1.807) is 0 Å². The van der Waals surface area contributed by atoms with E-state index in [-0.39, 0.29) is 12.0 Å². The molecule has 0 aromatic rings. The molecule has 1 aliphatic rings. The van der Waals surface area contributed by atoms with Crippen LogP contribution < -0.4 is 0 Å². The molecule has 0 radical (unpaired) electrons. The summed E-state index contributed by atoms with van der Waals surface area (Å²) in [5.74, 6) is -0.808. The highest BCUT2D eigenvalue weighted by atomic mass is 16.9. The molecule has 1 saturated heterocycles. The molecule has 0 saturated carbocycles. The van der Waals surface area contributed by atoms with Gasteiger partial charge in [-0.3, -0.25) is 0 Å². The lowest BCUT2D eigenvalue weighted by molar-refractivity contribution is -0.404. The maximum Gasteiger partial charge on any atom is 0.285 e. The summed E-state index contributed by atoms with van der Waals surface area (Å²) in [4.78, 5) is 0. The molecular formula is C23H46O5. The average molecular weight is 403 g/mol.